The summed E-state index contributed by atoms with van der Waals surface area (Å²) in [7, 11) is 1.54. The molecule has 4 aromatic rings. The fourth-order valence-corrected chi connectivity index (χ4v) is 8.21. The summed E-state index contributed by atoms with van der Waals surface area (Å²) in [5.41, 5.74) is 7.10. The van der Waals surface area contributed by atoms with E-state index in [1.54, 1.807) is 24.3 Å². The summed E-state index contributed by atoms with van der Waals surface area (Å²) in [4.78, 5) is 25.6. The molecule has 0 aliphatic heterocycles. The fraction of sp³-hybridized carbons (Fsp3) is 0.324. The number of ether oxygens (including phenoxy) is 2. The lowest BCUT2D eigenvalue weighted by Gasteiger charge is -2.57. The van der Waals surface area contributed by atoms with E-state index < -0.39 is 0 Å². The van der Waals surface area contributed by atoms with E-state index in [1.807, 2.05) is 59.4 Å². The summed E-state index contributed by atoms with van der Waals surface area (Å²) in [6.45, 7) is -0.155. The molecule has 45 heavy (non-hydrogen) atoms. The second kappa shape index (κ2) is 12.3. The molecule has 0 spiro atoms. The standard InChI is InChI=1S/C37H38N4O4/c1-44-34-19-25(23-38-40-36(43)31-6-2-3-7-32(31)41-14-4-5-15-41)8-13-33(34)45-24-35(42)39-30-11-9-29(10-12-30)37-20-26-16-27(21-37)18-28(17-26)22-37/h2-15,19,23,26-28H,16-18,20-22,24H2,1H3,(H,39,42)(H,40,43)/b38-23-. The van der Waals surface area contributed by atoms with Crippen molar-refractivity contribution in [2.45, 2.75) is 43.9 Å². The molecule has 8 rings (SSSR count). The van der Waals surface area contributed by atoms with Gasteiger partial charge in [-0.1, -0.05) is 24.3 Å². The Hall–Kier alpha value is -4.85. The van der Waals surface area contributed by atoms with Crippen molar-refractivity contribution in [3.63, 3.8) is 0 Å². The molecule has 1 heterocycles. The molecule has 4 saturated carbocycles. The van der Waals surface area contributed by atoms with Gasteiger partial charge in [0.05, 0.1) is 24.6 Å². The third-order valence-electron chi connectivity index (χ3n) is 9.78. The summed E-state index contributed by atoms with van der Waals surface area (Å²) in [5.74, 6) is 3.02. The third-order valence-corrected chi connectivity index (χ3v) is 9.78. The van der Waals surface area contributed by atoms with Crippen molar-refractivity contribution in [1.29, 1.82) is 0 Å². The highest BCUT2D eigenvalue weighted by atomic mass is 16.5. The highest BCUT2D eigenvalue weighted by Crippen LogP contribution is 2.60. The van der Waals surface area contributed by atoms with E-state index in [0.29, 0.717) is 28.0 Å². The molecule has 4 bridgehead atoms. The SMILES string of the molecule is COc1cc(/C=N\NC(=O)c2ccccc2-n2cccc2)ccc1OCC(=O)Nc1ccc(C23CC4CC(CC(C4)C2)C3)cc1. The lowest BCUT2D eigenvalue weighted by atomic mass is 9.48. The molecular formula is C37H38N4O4. The van der Waals surface area contributed by atoms with Crippen LogP contribution in [0.1, 0.15) is 60.0 Å². The van der Waals surface area contributed by atoms with Gasteiger partial charge in [0.25, 0.3) is 11.8 Å². The number of anilines is 1. The molecule has 0 atom stereocenters. The maximum atomic E-state index is 12.8. The van der Waals surface area contributed by atoms with Crippen molar-refractivity contribution in [2.75, 3.05) is 19.0 Å². The average Bonchev–Trinajstić information content (AvgIpc) is 3.59. The molecule has 8 heteroatoms. The molecule has 0 radical (unpaired) electrons. The van der Waals surface area contributed by atoms with Gasteiger partial charge in [-0.15, -0.1) is 0 Å². The maximum absolute atomic E-state index is 12.8. The molecule has 2 N–H and O–H groups in total. The summed E-state index contributed by atoms with van der Waals surface area (Å²) < 4.78 is 13.2. The highest BCUT2D eigenvalue weighted by Gasteiger charge is 2.51. The van der Waals surface area contributed by atoms with Crippen molar-refractivity contribution in [3.8, 4) is 17.2 Å². The molecule has 8 nitrogen and oxygen atoms in total. The lowest BCUT2D eigenvalue weighted by Crippen LogP contribution is -2.48. The van der Waals surface area contributed by atoms with Crippen LogP contribution in [0.2, 0.25) is 0 Å². The van der Waals surface area contributed by atoms with Crippen molar-refractivity contribution < 1.29 is 19.1 Å². The number of aromatic nitrogens is 1. The van der Waals surface area contributed by atoms with Crippen molar-refractivity contribution in [3.05, 3.63) is 108 Å². The van der Waals surface area contributed by atoms with E-state index >= 15 is 0 Å². The number of carbonyl (C=O) groups is 2. The van der Waals surface area contributed by atoms with Gasteiger partial charge in [0, 0.05) is 18.1 Å². The van der Waals surface area contributed by atoms with E-state index in [9.17, 15) is 9.59 Å². The molecule has 2 amide bonds. The Labute approximate surface area is 263 Å². The summed E-state index contributed by atoms with van der Waals surface area (Å²) in [6.07, 6.45) is 13.5. The van der Waals surface area contributed by atoms with Crippen molar-refractivity contribution in [1.82, 2.24) is 9.99 Å². The van der Waals surface area contributed by atoms with Crippen LogP contribution in [0.25, 0.3) is 5.69 Å². The average molecular weight is 603 g/mol. The fourth-order valence-electron chi connectivity index (χ4n) is 8.21. The first-order valence-corrected chi connectivity index (χ1v) is 15.7. The first-order chi connectivity index (χ1) is 22.0. The van der Waals surface area contributed by atoms with E-state index in [0.717, 1.165) is 29.1 Å². The van der Waals surface area contributed by atoms with Gasteiger partial charge in [0.15, 0.2) is 18.1 Å². The minimum atomic E-state index is -0.323. The van der Waals surface area contributed by atoms with Gasteiger partial charge in [-0.25, -0.2) is 5.43 Å². The number of hydrogen-bond acceptors (Lipinski definition) is 5. The summed E-state index contributed by atoms with van der Waals surface area (Å²) in [5, 5.41) is 7.09. The predicted molar refractivity (Wildman–Crippen MR) is 174 cm³/mol. The van der Waals surface area contributed by atoms with Crippen molar-refractivity contribution >= 4 is 23.7 Å². The van der Waals surface area contributed by atoms with Crippen LogP contribution >= 0.6 is 0 Å². The molecular weight excluding hydrogens is 564 g/mol. The van der Waals surface area contributed by atoms with Gasteiger partial charge in [-0.3, -0.25) is 9.59 Å². The molecule has 0 saturated heterocycles. The zero-order valence-electron chi connectivity index (χ0n) is 25.4. The molecule has 4 aliphatic carbocycles. The maximum Gasteiger partial charge on any atom is 0.273 e. The Morgan fingerprint density at radius 3 is 2.27 bits per heavy atom. The minimum absolute atomic E-state index is 0.155. The Kier molecular flexibility index (Phi) is 7.88. The lowest BCUT2D eigenvalue weighted by molar-refractivity contribution is -0.118. The van der Waals surface area contributed by atoms with Gasteiger partial charge in [-0.05, 0) is 127 Å². The number of hydrogen-bond donors (Lipinski definition) is 2. The first kappa shape index (κ1) is 28.9. The number of nitrogens with one attached hydrogen (secondary N) is 2. The molecule has 3 aromatic carbocycles. The van der Waals surface area contributed by atoms with Crippen LogP contribution in [0.5, 0.6) is 11.5 Å². The van der Waals surface area contributed by atoms with Gasteiger partial charge in [-0.2, -0.15) is 5.10 Å². The number of amides is 2. The van der Waals surface area contributed by atoms with Crippen LogP contribution in [0, 0.1) is 17.8 Å². The molecule has 4 fully saturated rings. The first-order valence-electron chi connectivity index (χ1n) is 15.7. The van der Waals surface area contributed by atoms with Crippen LogP contribution in [0.15, 0.2) is 96.4 Å². The van der Waals surface area contributed by atoms with Crippen LogP contribution < -0.4 is 20.2 Å². The van der Waals surface area contributed by atoms with Crippen molar-refractivity contribution in [2.24, 2.45) is 22.9 Å². The zero-order valence-corrected chi connectivity index (χ0v) is 25.4. The third kappa shape index (κ3) is 6.10. The highest BCUT2D eigenvalue weighted by molar-refractivity contribution is 5.98. The number of methoxy groups -OCH3 is 1. The Bertz CT molecular complexity index is 1680. The Balaban J connectivity index is 0.929. The van der Waals surface area contributed by atoms with E-state index in [4.69, 9.17) is 9.47 Å². The van der Waals surface area contributed by atoms with Crippen LogP contribution in [-0.4, -0.2) is 36.3 Å². The molecule has 4 aliphatic rings. The summed E-state index contributed by atoms with van der Waals surface area (Å²) >= 11 is 0. The number of nitrogens with zero attached hydrogens (tertiary/aromatic N) is 2. The monoisotopic (exact) mass is 602 g/mol. The van der Waals surface area contributed by atoms with Crippen LogP contribution in [0.3, 0.4) is 0 Å². The number of rotatable bonds is 10. The van der Waals surface area contributed by atoms with E-state index in [-0.39, 0.29) is 18.4 Å². The zero-order chi connectivity index (χ0) is 30.8. The number of carbonyl (C=O) groups excluding carboxylic acids is 2. The molecule has 230 valence electrons. The van der Waals surface area contributed by atoms with Gasteiger partial charge >= 0.3 is 0 Å². The largest absolute Gasteiger partial charge is 0.493 e. The molecule has 1 aromatic heterocycles. The van der Waals surface area contributed by atoms with Gasteiger partial charge < -0.3 is 19.4 Å². The van der Waals surface area contributed by atoms with Gasteiger partial charge in [0.1, 0.15) is 0 Å². The number of benzene rings is 3. The summed E-state index contributed by atoms with van der Waals surface area (Å²) in [6, 6.07) is 24.9. The van der Waals surface area contributed by atoms with Crippen LogP contribution in [-0.2, 0) is 10.2 Å². The predicted octanol–water partition coefficient (Wildman–Crippen LogP) is 6.74. The molecule has 0 unspecified atom stereocenters. The number of hydrazone groups is 1. The topological polar surface area (TPSA) is 93.9 Å². The normalized spacial score (nSPS) is 23.2. The number of para-hydroxylation sites is 1. The Morgan fingerprint density at radius 2 is 1.58 bits per heavy atom. The second-order valence-corrected chi connectivity index (χ2v) is 12.8. The van der Waals surface area contributed by atoms with E-state index in [2.05, 4.69) is 28.0 Å². The smallest absolute Gasteiger partial charge is 0.273 e. The second-order valence-electron chi connectivity index (χ2n) is 12.8. The minimum Gasteiger partial charge on any atom is -0.493 e. The quantitative estimate of drug-likeness (QED) is 0.155. The van der Waals surface area contributed by atoms with Gasteiger partial charge in [0.2, 0.25) is 0 Å². The van der Waals surface area contributed by atoms with E-state index in [1.165, 1.54) is 57.4 Å². The Morgan fingerprint density at radius 1 is 0.889 bits per heavy atom. The van der Waals surface area contributed by atoms with Crippen LogP contribution in [0.4, 0.5) is 5.69 Å².